The minimum Gasteiger partial charge on any atom is -0.506 e. The van der Waals surface area contributed by atoms with Crippen LogP contribution in [0.1, 0.15) is 20.3 Å². The van der Waals surface area contributed by atoms with Crippen LogP contribution in [-0.2, 0) is 4.79 Å². The average molecular weight is 291 g/mol. The normalized spacial score (nSPS) is 18.4. The molecule has 3 N–H and O–H groups in total. The lowest BCUT2D eigenvalue weighted by Gasteiger charge is -2.37. The van der Waals surface area contributed by atoms with Crippen molar-refractivity contribution in [3.63, 3.8) is 0 Å². The summed E-state index contributed by atoms with van der Waals surface area (Å²) in [6, 6.07) is 6.89. The summed E-state index contributed by atoms with van der Waals surface area (Å²) >= 11 is 0. The number of phenolic OH excluding ortho intramolecular Hbond substituents is 1. The molecule has 1 aromatic carbocycles. The number of aromatic hydroxyl groups is 1. The number of para-hydroxylation sites is 2. The van der Waals surface area contributed by atoms with Gasteiger partial charge in [-0.15, -0.1) is 0 Å². The van der Waals surface area contributed by atoms with Crippen LogP contribution in [0, 0.1) is 5.92 Å². The lowest BCUT2D eigenvalue weighted by atomic mass is 9.98. The second kappa shape index (κ2) is 6.80. The molecule has 1 amide bonds. The molecule has 1 saturated heterocycles. The standard InChI is InChI=1S/C16H25N3O2/c1-3-12(2)15(17)16(21)19-10-8-18(9-11-19)13-6-4-5-7-14(13)20/h4-7,12,15,20H,3,8-11,17H2,1-2H3/t12?,15-/m0/s1. The summed E-state index contributed by atoms with van der Waals surface area (Å²) in [5.74, 6) is 0.531. The van der Waals surface area contributed by atoms with Crippen molar-refractivity contribution in [2.24, 2.45) is 11.7 Å². The highest BCUT2D eigenvalue weighted by atomic mass is 16.3. The molecule has 1 aliphatic heterocycles. The number of carbonyl (C=O) groups is 1. The van der Waals surface area contributed by atoms with Crippen LogP contribution >= 0.6 is 0 Å². The summed E-state index contributed by atoms with van der Waals surface area (Å²) in [4.78, 5) is 16.3. The largest absolute Gasteiger partial charge is 0.506 e. The van der Waals surface area contributed by atoms with Crippen molar-refractivity contribution in [1.82, 2.24) is 4.90 Å². The van der Waals surface area contributed by atoms with Gasteiger partial charge in [0.25, 0.3) is 0 Å². The maximum absolute atomic E-state index is 12.3. The predicted octanol–water partition coefficient (Wildman–Crippen LogP) is 1.41. The van der Waals surface area contributed by atoms with Crippen LogP contribution in [0.4, 0.5) is 5.69 Å². The van der Waals surface area contributed by atoms with Crippen molar-refractivity contribution in [2.45, 2.75) is 26.3 Å². The number of carbonyl (C=O) groups excluding carboxylic acids is 1. The van der Waals surface area contributed by atoms with E-state index in [1.165, 1.54) is 0 Å². The van der Waals surface area contributed by atoms with Crippen LogP contribution in [0.15, 0.2) is 24.3 Å². The third-order valence-corrected chi connectivity index (χ3v) is 4.36. The van der Waals surface area contributed by atoms with Gasteiger partial charge >= 0.3 is 0 Å². The Hall–Kier alpha value is -1.75. The fourth-order valence-corrected chi connectivity index (χ4v) is 2.61. The average Bonchev–Trinajstić information content (AvgIpc) is 2.53. The van der Waals surface area contributed by atoms with Crippen molar-refractivity contribution in [2.75, 3.05) is 31.1 Å². The first-order valence-corrected chi connectivity index (χ1v) is 7.62. The number of hydrogen-bond donors (Lipinski definition) is 2. The zero-order valence-electron chi connectivity index (χ0n) is 12.8. The maximum atomic E-state index is 12.3. The molecule has 2 atom stereocenters. The van der Waals surface area contributed by atoms with Crippen LogP contribution in [-0.4, -0.2) is 48.1 Å². The van der Waals surface area contributed by atoms with Crippen molar-refractivity contribution in [3.8, 4) is 5.75 Å². The number of nitrogens with zero attached hydrogens (tertiary/aromatic N) is 2. The van der Waals surface area contributed by atoms with Crippen molar-refractivity contribution in [1.29, 1.82) is 0 Å². The topological polar surface area (TPSA) is 69.8 Å². The van der Waals surface area contributed by atoms with Gasteiger partial charge in [0.1, 0.15) is 5.75 Å². The van der Waals surface area contributed by atoms with Gasteiger partial charge < -0.3 is 20.6 Å². The molecule has 0 aliphatic carbocycles. The number of phenols is 1. The Kier molecular flexibility index (Phi) is 5.07. The molecular formula is C16H25N3O2. The van der Waals surface area contributed by atoms with Gasteiger partial charge in [-0.2, -0.15) is 0 Å². The fourth-order valence-electron chi connectivity index (χ4n) is 2.61. The summed E-state index contributed by atoms with van der Waals surface area (Å²) in [6.07, 6.45) is 0.907. The maximum Gasteiger partial charge on any atom is 0.239 e. The number of nitrogens with two attached hydrogens (primary N) is 1. The van der Waals surface area contributed by atoms with E-state index < -0.39 is 6.04 Å². The van der Waals surface area contributed by atoms with Crippen LogP contribution in [0.5, 0.6) is 5.75 Å². The van der Waals surface area contributed by atoms with Crippen LogP contribution < -0.4 is 10.6 Å². The molecule has 116 valence electrons. The van der Waals surface area contributed by atoms with Gasteiger partial charge in [-0.1, -0.05) is 32.4 Å². The molecule has 5 nitrogen and oxygen atoms in total. The fraction of sp³-hybridized carbons (Fsp3) is 0.562. The van der Waals surface area contributed by atoms with E-state index in [9.17, 15) is 9.90 Å². The molecule has 1 aromatic rings. The van der Waals surface area contributed by atoms with Crippen LogP contribution in [0.2, 0.25) is 0 Å². The lowest BCUT2D eigenvalue weighted by Crippen LogP contribution is -2.54. The van der Waals surface area contributed by atoms with Gasteiger partial charge in [0.2, 0.25) is 5.91 Å². The van der Waals surface area contributed by atoms with Gasteiger partial charge in [-0.25, -0.2) is 0 Å². The Morgan fingerprint density at radius 3 is 2.48 bits per heavy atom. The molecule has 0 aromatic heterocycles. The minimum absolute atomic E-state index is 0.0429. The van der Waals surface area contributed by atoms with Crippen molar-refractivity contribution >= 4 is 11.6 Å². The van der Waals surface area contributed by atoms with E-state index in [4.69, 9.17) is 5.73 Å². The Bertz CT molecular complexity index is 484. The Balaban J connectivity index is 1.94. The zero-order valence-corrected chi connectivity index (χ0v) is 12.8. The van der Waals surface area contributed by atoms with E-state index in [-0.39, 0.29) is 17.6 Å². The van der Waals surface area contributed by atoms with Crippen molar-refractivity contribution in [3.05, 3.63) is 24.3 Å². The van der Waals surface area contributed by atoms with E-state index >= 15 is 0 Å². The Morgan fingerprint density at radius 2 is 1.90 bits per heavy atom. The molecule has 1 heterocycles. The van der Waals surface area contributed by atoms with Gasteiger partial charge in [-0.3, -0.25) is 4.79 Å². The molecular weight excluding hydrogens is 266 g/mol. The first-order chi connectivity index (χ1) is 10.0. The molecule has 1 unspecified atom stereocenters. The molecule has 0 saturated carbocycles. The van der Waals surface area contributed by atoms with Gasteiger partial charge in [0, 0.05) is 26.2 Å². The first kappa shape index (κ1) is 15.6. The SMILES string of the molecule is CCC(C)[C@H](N)C(=O)N1CCN(c2ccccc2O)CC1. The summed E-state index contributed by atoms with van der Waals surface area (Å²) in [5.41, 5.74) is 6.86. The van der Waals surface area contributed by atoms with E-state index in [2.05, 4.69) is 4.90 Å². The zero-order chi connectivity index (χ0) is 15.4. The summed E-state index contributed by atoms with van der Waals surface area (Å²) in [7, 11) is 0. The van der Waals surface area contributed by atoms with Crippen LogP contribution in [0.25, 0.3) is 0 Å². The van der Waals surface area contributed by atoms with Crippen molar-refractivity contribution < 1.29 is 9.90 Å². The smallest absolute Gasteiger partial charge is 0.239 e. The second-order valence-corrected chi connectivity index (χ2v) is 5.71. The third-order valence-electron chi connectivity index (χ3n) is 4.36. The highest BCUT2D eigenvalue weighted by molar-refractivity contribution is 5.82. The van der Waals surface area contributed by atoms with Gasteiger partial charge in [0.15, 0.2) is 0 Å². The number of benzene rings is 1. The van der Waals surface area contributed by atoms with E-state index in [1.54, 1.807) is 6.07 Å². The molecule has 1 fully saturated rings. The second-order valence-electron chi connectivity index (χ2n) is 5.71. The number of hydrogen-bond acceptors (Lipinski definition) is 4. The molecule has 0 radical (unpaired) electrons. The number of amides is 1. The summed E-state index contributed by atoms with van der Waals surface area (Å²) in [5, 5.41) is 9.89. The van der Waals surface area contributed by atoms with Gasteiger partial charge in [-0.05, 0) is 18.1 Å². The summed E-state index contributed by atoms with van der Waals surface area (Å²) < 4.78 is 0. The molecule has 0 spiro atoms. The van der Waals surface area contributed by atoms with E-state index in [1.807, 2.05) is 36.9 Å². The van der Waals surface area contributed by atoms with Crippen LogP contribution in [0.3, 0.4) is 0 Å². The molecule has 5 heteroatoms. The summed E-state index contributed by atoms with van der Waals surface area (Å²) in [6.45, 7) is 6.80. The molecule has 2 rings (SSSR count). The van der Waals surface area contributed by atoms with E-state index in [0.717, 1.165) is 25.2 Å². The Labute approximate surface area is 126 Å². The minimum atomic E-state index is -0.410. The monoisotopic (exact) mass is 291 g/mol. The quantitative estimate of drug-likeness (QED) is 0.880. The van der Waals surface area contributed by atoms with Gasteiger partial charge in [0.05, 0.1) is 11.7 Å². The lowest BCUT2D eigenvalue weighted by molar-refractivity contribution is -0.134. The highest BCUT2D eigenvalue weighted by Gasteiger charge is 2.28. The molecule has 21 heavy (non-hydrogen) atoms. The molecule has 1 aliphatic rings. The number of rotatable bonds is 4. The first-order valence-electron chi connectivity index (χ1n) is 7.62. The Morgan fingerprint density at radius 1 is 1.29 bits per heavy atom. The highest BCUT2D eigenvalue weighted by Crippen LogP contribution is 2.27. The number of piperazine rings is 1. The van der Waals surface area contributed by atoms with E-state index in [0.29, 0.717) is 13.1 Å². The number of anilines is 1. The third kappa shape index (κ3) is 3.47. The molecule has 0 bridgehead atoms. The predicted molar refractivity (Wildman–Crippen MR) is 84.3 cm³/mol.